The first kappa shape index (κ1) is 7.18. The maximum atomic E-state index is 8.42. The lowest BCUT2D eigenvalue weighted by atomic mass is 10.3. The topological polar surface area (TPSA) is 55.5 Å². The maximum absolute atomic E-state index is 8.42. The molecule has 5 heteroatoms. The van der Waals surface area contributed by atoms with E-state index in [0.29, 0.717) is 5.58 Å². The molecular weight excluding hydrogens is 157 g/mol. The highest BCUT2D eigenvalue weighted by molar-refractivity contribution is 6.17. The highest BCUT2D eigenvalue weighted by Crippen LogP contribution is 2.18. The Morgan fingerprint density at radius 2 is 2.25 bits per heavy atom. The normalized spacial score (nSPS) is 10.1. The number of hydrogen-bond acceptors (Lipinski definition) is 4. The van der Waals surface area contributed by atoms with Crippen LogP contribution in [0, 0.1) is 0 Å². The van der Waals surface area contributed by atoms with Crippen LogP contribution >= 0.6 is 0 Å². The van der Waals surface area contributed by atoms with Gasteiger partial charge in [0, 0.05) is 0 Å². The number of fused-ring (bicyclic) bond motifs is 1. The van der Waals surface area contributed by atoms with E-state index < -0.39 is 7.69 Å². The van der Waals surface area contributed by atoms with E-state index in [1.165, 1.54) is 0 Å². The first-order valence-corrected chi connectivity index (χ1v) is 3.49. The van der Waals surface area contributed by atoms with Gasteiger partial charge in [-0.25, -0.2) is 0 Å². The molecule has 4 nitrogen and oxygen atoms in total. The fourth-order valence-corrected chi connectivity index (χ4v) is 0.968. The summed E-state index contributed by atoms with van der Waals surface area (Å²) in [7, 11) is -0.424. The standard InChI is InChI=1S/C7H6BNO3/c10-8-12-7-9-5-3-1-2-4-6(5)11-7/h1-4,8,10H. The van der Waals surface area contributed by atoms with Crippen molar-refractivity contribution in [1.29, 1.82) is 0 Å². The molecule has 0 atom stereocenters. The third kappa shape index (κ3) is 1.14. The third-order valence-corrected chi connectivity index (χ3v) is 1.46. The van der Waals surface area contributed by atoms with Crippen LogP contribution in [0.4, 0.5) is 0 Å². The van der Waals surface area contributed by atoms with Gasteiger partial charge in [-0.05, 0) is 12.1 Å². The second-order valence-electron chi connectivity index (χ2n) is 2.22. The number of oxazole rings is 1. The van der Waals surface area contributed by atoms with Gasteiger partial charge in [0.2, 0.25) is 0 Å². The molecule has 1 heterocycles. The van der Waals surface area contributed by atoms with Crippen molar-refractivity contribution in [1.82, 2.24) is 4.98 Å². The second kappa shape index (κ2) is 2.87. The summed E-state index contributed by atoms with van der Waals surface area (Å²) in [6.07, 6.45) is 0.0960. The van der Waals surface area contributed by atoms with E-state index in [4.69, 9.17) is 9.44 Å². The van der Waals surface area contributed by atoms with Gasteiger partial charge < -0.3 is 14.1 Å². The Bertz CT molecular complexity index is 354. The molecule has 0 unspecified atom stereocenters. The van der Waals surface area contributed by atoms with Crippen molar-refractivity contribution in [2.24, 2.45) is 0 Å². The van der Waals surface area contributed by atoms with Crippen molar-refractivity contribution in [3.63, 3.8) is 0 Å². The molecule has 0 bridgehead atoms. The van der Waals surface area contributed by atoms with Crippen LogP contribution in [0.1, 0.15) is 0 Å². The summed E-state index contributed by atoms with van der Waals surface area (Å²) < 4.78 is 9.78. The van der Waals surface area contributed by atoms with Crippen molar-refractivity contribution in [2.75, 3.05) is 0 Å². The summed E-state index contributed by atoms with van der Waals surface area (Å²) in [6.45, 7) is 0. The minimum Gasteiger partial charge on any atom is -0.496 e. The number of aromatic nitrogens is 1. The van der Waals surface area contributed by atoms with Crippen molar-refractivity contribution in [3.8, 4) is 6.08 Å². The molecule has 0 aliphatic rings. The van der Waals surface area contributed by atoms with Crippen molar-refractivity contribution >= 4 is 18.8 Å². The average molecular weight is 163 g/mol. The molecule has 0 aliphatic heterocycles. The smallest absolute Gasteiger partial charge is 0.496 e. The molecule has 1 aromatic carbocycles. The molecule has 0 amide bonds. The van der Waals surface area contributed by atoms with Gasteiger partial charge >= 0.3 is 13.8 Å². The second-order valence-corrected chi connectivity index (χ2v) is 2.22. The van der Waals surface area contributed by atoms with Crippen LogP contribution in [0.25, 0.3) is 11.1 Å². The van der Waals surface area contributed by atoms with Gasteiger partial charge in [-0.15, -0.1) is 0 Å². The molecule has 0 radical (unpaired) electrons. The number of para-hydroxylation sites is 2. The minimum atomic E-state index is -0.424. The molecule has 2 rings (SSSR count). The molecule has 60 valence electrons. The molecule has 1 aromatic heterocycles. The Balaban J connectivity index is 2.47. The largest absolute Gasteiger partial charge is 0.507 e. The first-order chi connectivity index (χ1) is 5.90. The van der Waals surface area contributed by atoms with Gasteiger partial charge in [-0.3, -0.25) is 0 Å². The highest BCUT2D eigenvalue weighted by atomic mass is 16.6. The summed E-state index contributed by atoms with van der Waals surface area (Å²) in [4.78, 5) is 3.95. The Labute approximate surface area is 69.1 Å². The maximum Gasteiger partial charge on any atom is 0.507 e. The van der Waals surface area contributed by atoms with Crippen LogP contribution in [0.5, 0.6) is 6.08 Å². The summed E-state index contributed by atoms with van der Waals surface area (Å²) >= 11 is 0. The van der Waals surface area contributed by atoms with E-state index in [2.05, 4.69) is 9.64 Å². The van der Waals surface area contributed by atoms with E-state index in [9.17, 15) is 0 Å². The molecule has 0 saturated heterocycles. The fraction of sp³-hybridized carbons (Fsp3) is 0. The molecule has 1 N–H and O–H groups in total. The number of benzene rings is 1. The monoisotopic (exact) mass is 163 g/mol. The van der Waals surface area contributed by atoms with Crippen LogP contribution in [0.2, 0.25) is 0 Å². The Kier molecular flexibility index (Phi) is 1.71. The SMILES string of the molecule is OBOc1nc2ccccc2o1. The van der Waals surface area contributed by atoms with Gasteiger partial charge in [0.1, 0.15) is 5.52 Å². The van der Waals surface area contributed by atoms with Crippen molar-refractivity contribution in [3.05, 3.63) is 24.3 Å². The van der Waals surface area contributed by atoms with Crippen LogP contribution in [0.3, 0.4) is 0 Å². The summed E-state index contributed by atoms with van der Waals surface area (Å²) in [5, 5.41) is 8.42. The van der Waals surface area contributed by atoms with Gasteiger partial charge in [0.05, 0.1) is 0 Å². The third-order valence-electron chi connectivity index (χ3n) is 1.46. The molecular formula is C7H6BNO3. The molecule has 0 saturated carbocycles. The van der Waals surface area contributed by atoms with Crippen LogP contribution in [-0.2, 0) is 0 Å². The van der Waals surface area contributed by atoms with Crippen molar-refractivity contribution in [2.45, 2.75) is 0 Å². The first-order valence-electron chi connectivity index (χ1n) is 3.49. The van der Waals surface area contributed by atoms with Crippen LogP contribution < -0.4 is 4.65 Å². The molecule has 12 heavy (non-hydrogen) atoms. The lowest BCUT2D eigenvalue weighted by Crippen LogP contribution is -1.99. The van der Waals surface area contributed by atoms with Gasteiger partial charge in [0.25, 0.3) is 0 Å². The van der Waals surface area contributed by atoms with E-state index >= 15 is 0 Å². The molecule has 2 aromatic rings. The number of hydrogen-bond donors (Lipinski definition) is 1. The molecule has 0 spiro atoms. The number of nitrogens with zero attached hydrogens (tertiary/aromatic N) is 1. The van der Waals surface area contributed by atoms with Gasteiger partial charge in [-0.1, -0.05) is 12.1 Å². The minimum absolute atomic E-state index is 0.0960. The summed E-state index contributed by atoms with van der Waals surface area (Å²) in [5.41, 5.74) is 1.38. The van der Waals surface area contributed by atoms with Gasteiger partial charge in [0.15, 0.2) is 5.58 Å². The van der Waals surface area contributed by atoms with E-state index in [0.717, 1.165) is 5.52 Å². The van der Waals surface area contributed by atoms with E-state index in [-0.39, 0.29) is 6.08 Å². The highest BCUT2D eigenvalue weighted by Gasteiger charge is 2.04. The lowest BCUT2D eigenvalue weighted by molar-refractivity contribution is 0.356. The zero-order valence-electron chi connectivity index (χ0n) is 6.23. The van der Waals surface area contributed by atoms with Gasteiger partial charge in [-0.2, -0.15) is 4.98 Å². The summed E-state index contributed by atoms with van der Waals surface area (Å²) in [5.74, 6) is 0. The van der Waals surface area contributed by atoms with E-state index in [1.807, 2.05) is 18.2 Å². The molecule has 0 fully saturated rings. The van der Waals surface area contributed by atoms with Crippen molar-refractivity contribution < 1.29 is 14.1 Å². The summed E-state index contributed by atoms with van der Waals surface area (Å²) in [6, 6.07) is 7.29. The zero-order valence-corrected chi connectivity index (χ0v) is 6.23. The predicted molar refractivity (Wildman–Crippen MR) is 44.0 cm³/mol. The van der Waals surface area contributed by atoms with Crippen LogP contribution in [-0.4, -0.2) is 17.7 Å². The van der Waals surface area contributed by atoms with Crippen LogP contribution in [0.15, 0.2) is 28.7 Å². The lowest BCUT2D eigenvalue weighted by Gasteiger charge is -1.89. The average Bonchev–Trinajstić information content (AvgIpc) is 2.47. The Hall–Kier alpha value is -1.49. The predicted octanol–water partition coefficient (Wildman–Crippen LogP) is 0.465. The number of rotatable bonds is 2. The Morgan fingerprint density at radius 1 is 1.42 bits per heavy atom. The fourth-order valence-electron chi connectivity index (χ4n) is 0.968. The van der Waals surface area contributed by atoms with E-state index in [1.54, 1.807) is 6.07 Å². The Morgan fingerprint density at radius 3 is 3.00 bits per heavy atom. The molecule has 0 aliphatic carbocycles. The zero-order chi connectivity index (χ0) is 8.39. The quantitative estimate of drug-likeness (QED) is 0.653.